The van der Waals surface area contributed by atoms with E-state index in [1.54, 1.807) is 6.20 Å². The van der Waals surface area contributed by atoms with Crippen LogP contribution < -0.4 is 0 Å². The topological polar surface area (TPSA) is 41.6 Å². The first-order chi connectivity index (χ1) is 10.2. The number of hydrogen-bond donors (Lipinski definition) is 1. The van der Waals surface area contributed by atoms with E-state index >= 15 is 0 Å². The summed E-state index contributed by atoms with van der Waals surface area (Å²) in [5, 5.41) is 0. The van der Waals surface area contributed by atoms with Gasteiger partial charge >= 0.3 is 0 Å². The number of benzene rings is 1. The summed E-state index contributed by atoms with van der Waals surface area (Å²) < 4.78 is 0.963. The average molecular weight is 344 g/mol. The minimum absolute atomic E-state index is 0.268. The van der Waals surface area contributed by atoms with Crippen molar-refractivity contribution < 1.29 is 0 Å². The van der Waals surface area contributed by atoms with Gasteiger partial charge in [0, 0.05) is 16.6 Å². The van der Waals surface area contributed by atoms with E-state index < -0.39 is 0 Å². The quantitative estimate of drug-likeness (QED) is 0.731. The zero-order valence-electron chi connectivity index (χ0n) is 12.2. The number of aromatic amines is 1. The monoisotopic (exact) mass is 343 g/mol. The van der Waals surface area contributed by atoms with Crippen molar-refractivity contribution in [2.24, 2.45) is 5.92 Å². The van der Waals surface area contributed by atoms with Crippen LogP contribution in [0.1, 0.15) is 37.6 Å². The van der Waals surface area contributed by atoms with E-state index in [4.69, 9.17) is 4.98 Å². The van der Waals surface area contributed by atoms with Gasteiger partial charge < -0.3 is 4.98 Å². The van der Waals surface area contributed by atoms with E-state index in [1.165, 1.54) is 5.56 Å². The van der Waals surface area contributed by atoms with Crippen LogP contribution in [0.25, 0.3) is 11.2 Å². The number of nitrogens with one attached hydrogen (secondary N) is 1. The number of fused-ring (bicyclic) bond motifs is 1. The van der Waals surface area contributed by atoms with Gasteiger partial charge in [-0.15, -0.1) is 0 Å². The molecule has 0 bridgehead atoms. The Labute approximate surface area is 133 Å². The third-order valence-electron chi connectivity index (χ3n) is 3.99. The Morgan fingerprint density at radius 1 is 1.24 bits per heavy atom. The van der Waals surface area contributed by atoms with Crippen LogP contribution in [-0.4, -0.2) is 15.0 Å². The van der Waals surface area contributed by atoms with Crippen LogP contribution >= 0.6 is 15.9 Å². The largest absolute Gasteiger partial charge is 0.340 e. The smallest absolute Gasteiger partial charge is 0.177 e. The molecule has 0 saturated heterocycles. The van der Waals surface area contributed by atoms with Crippen LogP contribution in [-0.2, 0) is 0 Å². The summed E-state index contributed by atoms with van der Waals surface area (Å²) in [4.78, 5) is 12.5. The van der Waals surface area contributed by atoms with Crippen molar-refractivity contribution in [2.45, 2.75) is 26.2 Å². The minimum atomic E-state index is 0.268. The molecule has 3 rings (SSSR count). The van der Waals surface area contributed by atoms with Crippen LogP contribution in [0.2, 0.25) is 0 Å². The molecule has 1 aromatic carbocycles. The van der Waals surface area contributed by atoms with E-state index in [9.17, 15) is 0 Å². The predicted molar refractivity (Wildman–Crippen MR) is 89.3 cm³/mol. The summed E-state index contributed by atoms with van der Waals surface area (Å²) >= 11 is 3.46. The third-order valence-corrected chi connectivity index (χ3v) is 4.42. The Bertz CT molecular complexity index is 736. The lowest BCUT2D eigenvalue weighted by molar-refractivity contribution is 0.482. The van der Waals surface area contributed by atoms with Gasteiger partial charge in [-0.25, -0.2) is 9.97 Å². The summed E-state index contributed by atoms with van der Waals surface area (Å²) in [5.41, 5.74) is 3.05. The van der Waals surface area contributed by atoms with Gasteiger partial charge in [-0.05, 0) is 33.5 Å². The molecule has 3 aromatic rings. The molecule has 0 fully saturated rings. The van der Waals surface area contributed by atoms with Crippen LogP contribution in [0.15, 0.2) is 47.1 Å². The Kier molecular flexibility index (Phi) is 4.06. The molecule has 0 aliphatic carbocycles. The fraction of sp³-hybridized carbons (Fsp3) is 0.294. The zero-order chi connectivity index (χ0) is 14.8. The molecule has 2 unspecified atom stereocenters. The third kappa shape index (κ3) is 2.86. The highest BCUT2D eigenvalue weighted by atomic mass is 79.9. The average Bonchev–Trinajstić information content (AvgIpc) is 2.90. The van der Waals surface area contributed by atoms with Gasteiger partial charge in [0.15, 0.2) is 5.65 Å². The molecule has 4 heteroatoms. The van der Waals surface area contributed by atoms with Crippen LogP contribution in [0.4, 0.5) is 0 Å². The molecule has 21 heavy (non-hydrogen) atoms. The maximum absolute atomic E-state index is 4.71. The van der Waals surface area contributed by atoms with Crippen LogP contribution in [0.5, 0.6) is 0 Å². The maximum atomic E-state index is 4.71. The fourth-order valence-corrected chi connectivity index (χ4v) is 3.02. The highest BCUT2D eigenvalue weighted by molar-refractivity contribution is 9.10. The SMILES string of the molecule is CCC(C)C(c1ccccc1)c1nc2ncc(Br)cc2[nH]1. The van der Waals surface area contributed by atoms with E-state index in [0.29, 0.717) is 5.92 Å². The summed E-state index contributed by atoms with van der Waals surface area (Å²) in [6.45, 7) is 4.49. The van der Waals surface area contributed by atoms with E-state index in [2.05, 4.69) is 70.1 Å². The lowest BCUT2D eigenvalue weighted by Gasteiger charge is -2.21. The number of imidazole rings is 1. The van der Waals surface area contributed by atoms with Crippen molar-refractivity contribution in [3.63, 3.8) is 0 Å². The van der Waals surface area contributed by atoms with Gasteiger partial charge in [0.25, 0.3) is 0 Å². The number of rotatable bonds is 4. The molecule has 3 nitrogen and oxygen atoms in total. The second kappa shape index (κ2) is 5.98. The van der Waals surface area contributed by atoms with Crippen molar-refractivity contribution in [2.75, 3.05) is 0 Å². The van der Waals surface area contributed by atoms with Crippen molar-refractivity contribution in [1.82, 2.24) is 15.0 Å². The molecular weight excluding hydrogens is 326 g/mol. The Hall–Kier alpha value is -1.68. The van der Waals surface area contributed by atoms with Gasteiger partial charge in [-0.2, -0.15) is 0 Å². The van der Waals surface area contributed by atoms with Crippen molar-refractivity contribution in [3.8, 4) is 0 Å². The lowest BCUT2D eigenvalue weighted by Crippen LogP contribution is -2.12. The van der Waals surface area contributed by atoms with Crippen LogP contribution in [0, 0.1) is 5.92 Å². The predicted octanol–water partition coefficient (Wildman–Crippen LogP) is 4.90. The Morgan fingerprint density at radius 2 is 2.00 bits per heavy atom. The zero-order valence-corrected chi connectivity index (χ0v) is 13.8. The van der Waals surface area contributed by atoms with Gasteiger partial charge in [0.05, 0.1) is 5.52 Å². The molecule has 0 radical (unpaired) electrons. The lowest BCUT2D eigenvalue weighted by atomic mass is 9.85. The highest BCUT2D eigenvalue weighted by Gasteiger charge is 2.23. The summed E-state index contributed by atoms with van der Waals surface area (Å²) in [6, 6.07) is 12.6. The number of halogens is 1. The summed E-state index contributed by atoms with van der Waals surface area (Å²) in [7, 11) is 0. The van der Waals surface area contributed by atoms with Gasteiger partial charge in [-0.3, -0.25) is 0 Å². The first kappa shape index (κ1) is 14.3. The van der Waals surface area contributed by atoms with Crippen molar-refractivity contribution in [3.05, 3.63) is 58.5 Å². The van der Waals surface area contributed by atoms with Crippen molar-refractivity contribution in [1.29, 1.82) is 0 Å². The molecule has 0 spiro atoms. The number of pyridine rings is 1. The normalized spacial score (nSPS) is 14.2. The number of aromatic nitrogens is 3. The van der Waals surface area contributed by atoms with Gasteiger partial charge in [0.1, 0.15) is 5.82 Å². The molecule has 0 aliphatic heterocycles. The summed E-state index contributed by atoms with van der Waals surface area (Å²) in [5.74, 6) is 1.77. The molecule has 1 N–H and O–H groups in total. The second-order valence-corrected chi connectivity index (χ2v) is 6.34. The molecule has 108 valence electrons. The molecular formula is C17H18BrN3. The van der Waals surface area contributed by atoms with Gasteiger partial charge in [-0.1, -0.05) is 50.6 Å². The van der Waals surface area contributed by atoms with E-state index in [1.807, 2.05) is 6.07 Å². The maximum Gasteiger partial charge on any atom is 0.177 e. The number of hydrogen-bond acceptors (Lipinski definition) is 2. The van der Waals surface area contributed by atoms with Crippen molar-refractivity contribution >= 4 is 27.1 Å². The Balaban J connectivity index is 2.10. The molecule has 2 atom stereocenters. The highest BCUT2D eigenvalue weighted by Crippen LogP contribution is 2.33. The number of H-pyrrole nitrogens is 1. The fourth-order valence-electron chi connectivity index (χ4n) is 2.69. The molecule has 0 saturated carbocycles. The first-order valence-corrected chi connectivity index (χ1v) is 8.04. The van der Waals surface area contributed by atoms with E-state index in [0.717, 1.165) is 27.9 Å². The first-order valence-electron chi connectivity index (χ1n) is 7.25. The summed E-state index contributed by atoms with van der Waals surface area (Å²) in [6.07, 6.45) is 2.89. The Morgan fingerprint density at radius 3 is 2.71 bits per heavy atom. The molecule has 2 aromatic heterocycles. The van der Waals surface area contributed by atoms with Crippen LogP contribution in [0.3, 0.4) is 0 Å². The van der Waals surface area contributed by atoms with E-state index in [-0.39, 0.29) is 5.92 Å². The molecule has 2 heterocycles. The second-order valence-electron chi connectivity index (χ2n) is 5.42. The minimum Gasteiger partial charge on any atom is -0.340 e. The molecule has 0 aliphatic rings. The number of nitrogens with zero attached hydrogens (tertiary/aromatic N) is 2. The standard InChI is InChI=1S/C17H18BrN3/c1-3-11(2)15(12-7-5-4-6-8-12)17-20-14-9-13(18)10-19-16(14)21-17/h4-11,15H,3H2,1-2H3,(H,19,20,21). The molecule has 0 amide bonds. The van der Waals surface area contributed by atoms with Gasteiger partial charge in [0.2, 0.25) is 0 Å².